The first-order valence-corrected chi connectivity index (χ1v) is 8.85. The lowest BCUT2D eigenvalue weighted by molar-refractivity contribution is 0.0598. The van der Waals surface area contributed by atoms with Crippen LogP contribution in [0.25, 0.3) is 11.1 Å². The molecule has 3 aromatic rings. The Morgan fingerprint density at radius 1 is 1.15 bits per heavy atom. The molecule has 0 spiro atoms. The number of carbonyl (C=O) groups is 2. The van der Waals surface area contributed by atoms with Gasteiger partial charge >= 0.3 is 5.97 Å². The predicted octanol–water partition coefficient (Wildman–Crippen LogP) is 3.03. The summed E-state index contributed by atoms with van der Waals surface area (Å²) >= 11 is 0. The van der Waals surface area contributed by atoms with Crippen molar-refractivity contribution in [2.75, 3.05) is 20.2 Å². The maximum Gasteiger partial charge on any atom is 0.339 e. The number of pyridine rings is 1. The SMILES string of the molecule is COC(=O)c1ccc(C(=O)N2CCC(c3nc4ccccc4o3)CC2)nc1. The number of methoxy groups -OCH3 is 1. The van der Waals surface area contributed by atoms with Crippen LogP contribution in [0, 0.1) is 0 Å². The van der Waals surface area contributed by atoms with Crippen molar-refractivity contribution in [1.29, 1.82) is 0 Å². The second kappa shape index (κ2) is 7.19. The normalized spacial score (nSPS) is 15.1. The van der Waals surface area contributed by atoms with Gasteiger partial charge in [-0.2, -0.15) is 0 Å². The first kappa shape index (κ1) is 17.2. The summed E-state index contributed by atoms with van der Waals surface area (Å²) in [5.74, 6) is 0.336. The fourth-order valence-electron chi connectivity index (χ4n) is 3.32. The molecular formula is C20H19N3O4. The molecule has 1 amide bonds. The van der Waals surface area contributed by atoms with Gasteiger partial charge in [0.25, 0.3) is 5.91 Å². The number of fused-ring (bicyclic) bond motifs is 1. The molecule has 1 aromatic carbocycles. The zero-order valence-electron chi connectivity index (χ0n) is 14.9. The topological polar surface area (TPSA) is 85.5 Å². The molecule has 0 radical (unpaired) electrons. The second-order valence-electron chi connectivity index (χ2n) is 6.51. The molecule has 1 saturated heterocycles. The van der Waals surface area contributed by atoms with Crippen LogP contribution >= 0.6 is 0 Å². The van der Waals surface area contributed by atoms with Gasteiger partial charge in [0.05, 0.1) is 12.7 Å². The highest BCUT2D eigenvalue weighted by molar-refractivity contribution is 5.94. The molecule has 0 bridgehead atoms. The third-order valence-corrected chi connectivity index (χ3v) is 4.85. The van der Waals surface area contributed by atoms with E-state index >= 15 is 0 Å². The van der Waals surface area contributed by atoms with Gasteiger partial charge in [-0.05, 0) is 37.1 Å². The summed E-state index contributed by atoms with van der Waals surface area (Å²) in [7, 11) is 1.31. The van der Waals surface area contributed by atoms with Gasteiger partial charge < -0.3 is 14.1 Å². The highest BCUT2D eigenvalue weighted by Crippen LogP contribution is 2.30. The molecule has 0 aliphatic carbocycles. The van der Waals surface area contributed by atoms with Gasteiger partial charge in [-0.15, -0.1) is 0 Å². The fourth-order valence-corrected chi connectivity index (χ4v) is 3.32. The van der Waals surface area contributed by atoms with Crippen molar-refractivity contribution >= 4 is 23.0 Å². The van der Waals surface area contributed by atoms with Crippen molar-refractivity contribution < 1.29 is 18.7 Å². The Labute approximate surface area is 156 Å². The van der Waals surface area contributed by atoms with Crippen LogP contribution in [0.5, 0.6) is 0 Å². The maximum atomic E-state index is 12.6. The number of nitrogens with zero attached hydrogens (tertiary/aromatic N) is 3. The highest BCUT2D eigenvalue weighted by Gasteiger charge is 2.28. The number of oxazole rings is 1. The minimum Gasteiger partial charge on any atom is -0.465 e. The molecule has 7 nitrogen and oxygen atoms in total. The zero-order valence-corrected chi connectivity index (χ0v) is 14.9. The molecule has 1 aliphatic rings. The van der Waals surface area contributed by atoms with Gasteiger partial charge in [-0.1, -0.05) is 12.1 Å². The Morgan fingerprint density at radius 2 is 1.93 bits per heavy atom. The zero-order chi connectivity index (χ0) is 18.8. The van der Waals surface area contributed by atoms with Gasteiger partial charge in [0.1, 0.15) is 11.2 Å². The summed E-state index contributed by atoms with van der Waals surface area (Å²) in [6, 6.07) is 10.8. The van der Waals surface area contributed by atoms with E-state index in [0.29, 0.717) is 24.3 Å². The number of hydrogen-bond acceptors (Lipinski definition) is 6. The van der Waals surface area contributed by atoms with Gasteiger partial charge in [0.15, 0.2) is 11.5 Å². The molecule has 27 heavy (non-hydrogen) atoms. The Kier molecular flexibility index (Phi) is 4.58. The van der Waals surface area contributed by atoms with Crippen LogP contribution in [0.4, 0.5) is 0 Å². The third-order valence-electron chi connectivity index (χ3n) is 4.85. The summed E-state index contributed by atoms with van der Waals surface area (Å²) in [6.07, 6.45) is 2.95. The van der Waals surface area contributed by atoms with Crippen LogP contribution in [0.1, 0.15) is 45.5 Å². The Balaban J connectivity index is 1.41. The number of amides is 1. The minimum absolute atomic E-state index is 0.137. The number of para-hydroxylation sites is 2. The van der Waals surface area contributed by atoms with Crippen LogP contribution in [0.2, 0.25) is 0 Å². The molecule has 0 saturated carbocycles. The first-order chi connectivity index (χ1) is 13.2. The largest absolute Gasteiger partial charge is 0.465 e. The molecular weight excluding hydrogens is 346 g/mol. The van der Waals surface area contributed by atoms with Gasteiger partial charge in [0, 0.05) is 25.2 Å². The second-order valence-corrected chi connectivity index (χ2v) is 6.51. The lowest BCUT2D eigenvalue weighted by Gasteiger charge is -2.30. The fraction of sp³-hybridized carbons (Fsp3) is 0.300. The monoisotopic (exact) mass is 365 g/mol. The minimum atomic E-state index is -0.472. The summed E-state index contributed by atoms with van der Waals surface area (Å²) in [5, 5.41) is 0. The van der Waals surface area contributed by atoms with E-state index in [4.69, 9.17) is 4.42 Å². The molecule has 0 N–H and O–H groups in total. The molecule has 1 aliphatic heterocycles. The van der Waals surface area contributed by atoms with Crippen molar-refractivity contribution in [3.05, 3.63) is 59.7 Å². The Bertz CT molecular complexity index is 939. The van der Waals surface area contributed by atoms with Crippen LogP contribution < -0.4 is 0 Å². The number of carbonyl (C=O) groups excluding carboxylic acids is 2. The number of rotatable bonds is 3. The standard InChI is InChI=1S/C20H19N3O4/c1-26-20(25)14-6-7-16(21-12-14)19(24)23-10-8-13(9-11-23)18-22-15-4-2-3-5-17(15)27-18/h2-7,12-13H,8-11H2,1H3. The van der Waals surface area contributed by atoms with Crippen LogP contribution in [-0.2, 0) is 4.74 Å². The molecule has 1 fully saturated rings. The van der Waals surface area contributed by atoms with E-state index < -0.39 is 5.97 Å². The lowest BCUT2D eigenvalue weighted by Crippen LogP contribution is -2.38. The summed E-state index contributed by atoms with van der Waals surface area (Å²) in [6.45, 7) is 1.23. The number of piperidine rings is 1. The molecule has 3 heterocycles. The Hall–Kier alpha value is -3.22. The van der Waals surface area contributed by atoms with E-state index in [2.05, 4.69) is 14.7 Å². The number of likely N-dealkylation sites (tertiary alicyclic amines) is 1. The number of esters is 1. The lowest BCUT2D eigenvalue weighted by atomic mass is 9.96. The van der Waals surface area contributed by atoms with Crippen LogP contribution in [-0.4, -0.2) is 46.9 Å². The predicted molar refractivity (Wildman–Crippen MR) is 97.5 cm³/mol. The highest BCUT2D eigenvalue weighted by atomic mass is 16.5. The van der Waals surface area contributed by atoms with Gasteiger partial charge in [0.2, 0.25) is 0 Å². The number of ether oxygens (including phenoxy) is 1. The van der Waals surface area contributed by atoms with E-state index in [9.17, 15) is 9.59 Å². The quantitative estimate of drug-likeness (QED) is 0.663. The van der Waals surface area contributed by atoms with Crippen molar-refractivity contribution in [3.63, 3.8) is 0 Å². The molecule has 0 unspecified atom stereocenters. The van der Waals surface area contributed by atoms with Gasteiger partial charge in [-0.25, -0.2) is 9.78 Å². The van der Waals surface area contributed by atoms with E-state index in [1.807, 2.05) is 24.3 Å². The van der Waals surface area contributed by atoms with Crippen LogP contribution in [0.15, 0.2) is 47.0 Å². The molecule has 138 valence electrons. The van der Waals surface area contributed by atoms with E-state index in [1.165, 1.54) is 13.3 Å². The van der Waals surface area contributed by atoms with Gasteiger partial charge in [-0.3, -0.25) is 9.78 Å². The molecule has 0 atom stereocenters. The van der Waals surface area contributed by atoms with E-state index in [0.717, 1.165) is 29.8 Å². The number of aromatic nitrogens is 2. The van der Waals surface area contributed by atoms with Crippen LogP contribution in [0.3, 0.4) is 0 Å². The van der Waals surface area contributed by atoms with Crippen molar-refractivity contribution in [2.45, 2.75) is 18.8 Å². The number of hydrogen-bond donors (Lipinski definition) is 0. The molecule has 4 rings (SSSR count). The smallest absolute Gasteiger partial charge is 0.339 e. The number of benzene rings is 1. The Morgan fingerprint density at radius 3 is 2.59 bits per heavy atom. The molecule has 2 aromatic heterocycles. The maximum absolute atomic E-state index is 12.6. The average molecular weight is 365 g/mol. The van der Waals surface area contributed by atoms with Crippen molar-refractivity contribution in [1.82, 2.24) is 14.9 Å². The van der Waals surface area contributed by atoms with Crippen molar-refractivity contribution in [2.24, 2.45) is 0 Å². The summed E-state index contributed by atoms with van der Waals surface area (Å²) in [4.78, 5) is 34.6. The van der Waals surface area contributed by atoms with Crippen molar-refractivity contribution in [3.8, 4) is 0 Å². The average Bonchev–Trinajstić information content (AvgIpc) is 3.17. The first-order valence-electron chi connectivity index (χ1n) is 8.85. The summed E-state index contributed by atoms with van der Waals surface area (Å²) < 4.78 is 10.5. The summed E-state index contributed by atoms with van der Waals surface area (Å²) in [5.41, 5.74) is 2.30. The third kappa shape index (κ3) is 3.40. The van der Waals surface area contributed by atoms with E-state index in [1.54, 1.807) is 17.0 Å². The van der Waals surface area contributed by atoms with E-state index in [-0.39, 0.29) is 11.8 Å². The molecule has 7 heteroatoms.